The number of halogens is 1. The zero-order chi connectivity index (χ0) is 9.14. The third kappa shape index (κ3) is 3.27. The van der Waals surface area contributed by atoms with E-state index in [1.54, 1.807) is 0 Å². The lowest BCUT2D eigenvalue weighted by atomic mass is 10.2. The summed E-state index contributed by atoms with van der Waals surface area (Å²) in [5.41, 5.74) is 2.34. The molecule has 0 bridgehead atoms. The number of hydrogen-bond donors (Lipinski definition) is 1. The molecule has 76 valence electrons. The van der Waals surface area contributed by atoms with Crippen LogP contribution in [0.25, 0.3) is 0 Å². The van der Waals surface area contributed by atoms with Gasteiger partial charge in [-0.15, -0.1) is 12.4 Å². The fraction of sp³-hybridized carbons (Fsp3) is 0.667. The van der Waals surface area contributed by atoms with E-state index in [0.717, 1.165) is 12.2 Å². The minimum absolute atomic E-state index is 0. The first-order chi connectivity index (χ1) is 5.61. The van der Waals surface area contributed by atoms with Gasteiger partial charge < -0.3 is 5.32 Å². The lowest BCUT2D eigenvalue weighted by molar-refractivity contribution is 0.687. The molecule has 0 unspecified atom stereocenters. The standard InChI is InChI=1S/C9H17N3.ClH/c1-7(2)5-10-9-6-11-12(4)8(9)3;/h6-7,10H,5H2,1-4H3;1H. The fourth-order valence-electron chi connectivity index (χ4n) is 0.986. The second-order valence-corrected chi connectivity index (χ2v) is 3.54. The summed E-state index contributed by atoms with van der Waals surface area (Å²) in [6, 6.07) is 0. The molecule has 1 aromatic heterocycles. The predicted octanol–water partition coefficient (Wildman–Crippen LogP) is 2.22. The number of hydrogen-bond acceptors (Lipinski definition) is 2. The highest BCUT2D eigenvalue weighted by Crippen LogP contribution is 2.12. The van der Waals surface area contributed by atoms with Crippen LogP contribution in [0.2, 0.25) is 0 Å². The Balaban J connectivity index is 0.00000144. The molecule has 13 heavy (non-hydrogen) atoms. The summed E-state index contributed by atoms with van der Waals surface area (Å²) in [6.45, 7) is 7.46. The van der Waals surface area contributed by atoms with E-state index < -0.39 is 0 Å². The van der Waals surface area contributed by atoms with Gasteiger partial charge in [0, 0.05) is 13.6 Å². The van der Waals surface area contributed by atoms with Crippen LogP contribution in [0.5, 0.6) is 0 Å². The molecule has 0 aliphatic heterocycles. The van der Waals surface area contributed by atoms with Gasteiger partial charge in [0.1, 0.15) is 0 Å². The smallest absolute Gasteiger partial charge is 0.0756 e. The van der Waals surface area contributed by atoms with E-state index in [2.05, 4.69) is 31.2 Å². The molecule has 4 heteroatoms. The summed E-state index contributed by atoms with van der Waals surface area (Å²) in [5.74, 6) is 0.671. The van der Waals surface area contributed by atoms with Crippen LogP contribution in [0, 0.1) is 12.8 Å². The molecule has 0 saturated heterocycles. The molecule has 0 aromatic carbocycles. The zero-order valence-corrected chi connectivity index (χ0v) is 9.48. The van der Waals surface area contributed by atoms with E-state index in [-0.39, 0.29) is 12.4 Å². The molecule has 0 amide bonds. The van der Waals surface area contributed by atoms with Crippen LogP contribution in [-0.4, -0.2) is 16.3 Å². The Bertz CT molecular complexity index is 255. The summed E-state index contributed by atoms with van der Waals surface area (Å²) < 4.78 is 1.88. The van der Waals surface area contributed by atoms with E-state index in [1.807, 2.05) is 17.9 Å². The Morgan fingerprint density at radius 1 is 1.54 bits per heavy atom. The van der Waals surface area contributed by atoms with Gasteiger partial charge in [-0.05, 0) is 12.8 Å². The SMILES string of the molecule is Cc1c(NCC(C)C)cnn1C.Cl. The number of nitrogens with zero attached hydrogens (tertiary/aromatic N) is 2. The lowest BCUT2D eigenvalue weighted by Crippen LogP contribution is -2.08. The Morgan fingerprint density at radius 3 is 2.54 bits per heavy atom. The van der Waals surface area contributed by atoms with Crippen molar-refractivity contribution in [2.45, 2.75) is 20.8 Å². The van der Waals surface area contributed by atoms with Crippen LogP contribution in [0.1, 0.15) is 19.5 Å². The van der Waals surface area contributed by atoms with Gasteiger partial charge >= 0.3 is 0 Å². The van der Waals surface area contributed by atoms with E-state index in [0.29, 0.717) is 5.92 Å². The molecule has 0 fully saturated rings. The second-order valence-electron chi connectivity index (χ2n) is 3.54. The number of anilines is 1. The highest BCUT2D eigenvalue weighted by atomic mass is 35.5. The summed E-state index contributed by atoms with van der Waals surface area (Å²) >= 11 is 0. The van der Waals surface area contributed by atoms with Crippen molar-refractivity contribution in [3.8, 4) is 0 Å². The Hall–Kier alpha value is -0.700. The van der Waals surface area contributed by atoms with Gasteiger partial charge in [-0.2, -0.15) is 5.10 Å². The van der Waals surface area contributed by atoms with E-state index in [1.165, 1.54) is 5.69 Å². The fourth-order valence-corrected chi connectivity index (χ4v) is 0.986. The van der Waals surface area contributed by atoms with Crippen LogP contribution >= 0.6 is 12.4 Å². The molecule has 0 spiro atoms. The van der Waals surface area contributed by atoms with E-state index in [9.17, 15) is 0 Å². The number of nitrogens with one attached hydrogen (secondary N) is 1. The topological polar surface area (TPSA) is 29.9 Å². The highest BCUT2D eigenvalue weighted by molar-refractivity contribution is 5.85. The van der Waals surface area contributed by atoms with Crippen LogP contribution in [0.4, 0.5) is 5.69 Å². The molecule has 0 atom stereocenters. The summed E-state index contributed by atoms with van der Waals surface area (Å²) in [5, 5.41) is 7.50. The number of aromatic nitrogens is 2. The average molecular weight is 204 g/mol. The van der Waals surface area contributed by atoms with Crippen molar-refractivity contribution in [3.05, 3.63) is 11.9 Å². The van der Waals surface area contributed by atoms with Crippen LogP contribution in [0.15, 0.2) is 6.20 Å². The van der Waals surface area contributed by atoms with Gasteiger partial charge in [-0.1, -0.05) is 13.8 Å². The van der Waals surface area contributed by atoms with Gasteiger partial charge in [0.15, 0.2) is 0 Å². The van der Waals surface area contributed by atoms with Gasteiger partial charge in [0.25, 0.3) is 0 Å². The molecule has 1 heterocycles. The molecule has 0 aliphatic carbocycles. The van der Waals surface area contributed by atoms with Crippen LogP contribution in [0.3, 0.4) is 0 Å². The summed E-state index contributed by atoms with van der Waals surface area (Å²) in [7, 11) is 1.95. The molecule has 1 aromatic rings. The van der Waals surface area contributed by atoms with Crippen LogP contribution in [-0.2, 0) is 7.05 Å². The molecule has 0 saturated carbocycles. The Kier molecular flexibility index (Phi) is 4.85. The molecule has 1 rings (SSSR count). The Morgan fingerprint density at radius 2 is 2.15 bits per heavy atom. The molecule has 0 radical (unpaired) electrons. The summed E-state index contributed by atoms with van der Waals surface area (Å²) in [6.07, 6.45) is 1.87. The average Bonchev–Trinajstić information content (AvgIpc) is 2.30. The maximum Gasteiger partial charge on any atom is 0.0756 e. The minimum Gasteiger partial charge on any atom is -0.382 e. The third-order valence-corrected chi connectivity index (χ3v) is 1.94. The van der Waals surface area contributed by atoms with Gasteiger partial charge in [0.2, 0.25) is 0 Å². The first kappa shape index (κ1) is 12.3. The molecular formula is C9H18ClN3. The first-order valence-electron chi connectivity index (χ1n) is 4.33. The maximum absolute atomic E-state index is 4.15. The van der Waals surface area contributed by atoms with Crippen molar-refractivity contribution in [1.29, 1.82) is 0 Å². The van der Waals surface area contributed by atoms with Crippen molar-refractivity contribution >= 4 is 18.1 Å². The van der Waals surface area contributed by atoms with Crippen molar-refractivity contribution in [2.24, 2.45) is 13.0 Å². The van der Waals surface area contributed by atoms with Gasteiger partial charge in [0.05, 0.1) is 17.6 Å². The normalized spacial score (nSPS) is 9.92. The van der Waals surface area contributed by atoms with Crippen molar-refractivity contribution in [3.63, 3.8) is 0 Å². The van der Waals surface area contributed by atoms with Crippen molar-refractivity contribution in [2.75, 3.05) is 11.9 Å². The first-order valence-corrected chi connectivity index (χ1v) is 4.33. The predicted molar refractivity (Wildman–Crippen MR) is 58.5 cm³/mol. The third-order valence-electron chi connectivity index (χ3n) is 1.94. The largest absolute Gasteiger partial charge is 0.382 e. The molecule has 1 N–H and O–H groups in total. The quantitative estimate of drug-likeness (QED) is 0.817. The van der Waals surface area contributed by atoms with Crippen LogP contribution < -0.4 is 5.32 Å². The van der Waals surface area contributed by atoms with E-state index in [4.69, 9.17) is 0 Å². The van der Waals surface area contributed by atoms with Gasteiger partial charge in [-0.25, -0.2) is 0 Å². The minimum atomic E-state index is 0. The zero-order valence-electron chi connectivity index (χ0n) is 8.66. The Labute approximate surface area is 85.9 Å². The van der Waals surface area contributed by atoms with Crippen molar-refractivity contribution in [1.82, 2.24) is 9.78 Å². The molecule has 3 nitrogen and oxygen atoms in total. The number of aryl methyl sites for hydroxylation is 1. The lowest BCUT2D eigenvalue weighted by Gasteiger charge is -2.07. The van der Waals surface area contributed by atoms with Gasteiger partial charge in [-0.3, -0.25) is 4.68 Å². The summed E-state index contributed by atoms with van der Waals surface area (Å²) in [4.78, 5) is 0. The second kappa shape index (κ2) is 5.12. The molecule has 0 aliphatic rings. The number of rotatable bonds is 3. The van der Waals surface area contributed by atoms with E-state index >= 15 is 0 Å². The van der Waals surface area contributed by atoms with Crippen molar-refractivity contribution < 1.29 is 0 Å². The molecular weight excluding hydrogens is 186 g/mol. The highest BCUT2D eigenvalue weighted by Gasteiger charge is 2.02. The monoisotopic (exact) mass is 203 g/mol. The maximum atomic E-state index is 4.15.